The van der Waals surface area contributed by atoms with Gasteiger partial charge in [0.1, 0.15) is 42.3 Å². The quantitative estimate of drug-likeness (QED) is 0.0356. The number of imidazole rings is 1. The summed E-state index contributed by atoms with van der Waals surface area (Å²) < 4.78 is 0. The van der Waals surface area contributed by atoms with Gasteiger partial charge in [0.25, 0.3) is 0 Å². The second-order valence-electron chi connectivity index (χ2n) is 18.1. The average molecular weight is 987 g/mol. The van der Waals surface area contributed by atoms with Crippen LogP contribution in [0.15, 0.2) is 42.9 Å². The molecule has 0 aliphatic carbocycles. The van der Waals surface area contributed by atoms with E-state index >= 15 is 0 Å². The van der Waals surface area contributed by atoms with Crippen molar-refractivity contribution in [3.05, 3.63) is 54.1 Å². The molecule has 9 amide bonds. The molecule has 16 N–H and O–H groups in total. The zero-order valence-electron chi connectivity index (χ0n) is 40.4. The molecule has 25 heteroatoms. The van der Waals surface area contributed by atoms with Crippen LogP contribution in [0, 0.1) is 17.8 Å². The van der Waals surface area contributed by atoms with Crippen LogP contribution in [0.3, 0.4) is 0 Å². The van der Waals surface area contributed by atoms with Gasteiger partial charge in [-0.1, -0.05) is 71.9 Å². The molecule has 70 heavy (non-hydrogen) atoms. The number of primary amides is 1. The highest BCUT2D eigenvalue weighted by Crippen LogP contribution is 2.11. The Morgan fingerprint density at radius 2 is 1.16 bits per heavy atom. The SMILES string of the molecule is CC(C)C[C@H](NC(=O)[C@@H](NC(=O)[C@H](CO)NC(=O)[C@@H](NC(=O)[C@H](Cc1ccccc1)NC(=O)CNC(=O)[C@H](CC(N)=O)NC(=O)[C@H](CC(C)C)NC(=O)[C@@H](N)Cc1c[nH]cn1)C(C)C)[C@@H](C)O)C(=O)O. The first-order valence-electron chi connectivity index (χ1n) is 22.8. The van der Waals surface area contributed by atoms with Crippen molar-refractivity contribution in [3.63, 3.8) is 0 Å². The van der Waals surface area contributed by atoms with E-state index in [4.69, 9.17) is 11.5 Å². The lowest BCUT2D eigenvalue weighted by Crippen LogP contribution is -2.62. The lowest BCUT2D eigenvalue weighted by molar-refractivity contribution is -0.143. The van der Waals surface area contributed by atoms with E-state index in [0.29, 0.717) is 11.3 Å². The number of rotatable bonds is 30. The number of aliphatic hydroxyl groups excluding tert-OH is 2. The number of H-pyrrole nitrogens is 1. The Kier molecular flexibility index (Phi) is 24.6. The predicted molar refractivity (Wildman–Crippen MR) is 251 cm³/mol. The molecule has 0 saturated heterocycles. The lowest BCUT2D eigenvalue weighted by atomic mass is 10.0. The molecular weight excluding hydrogens is 917 g/mol. The average Bonchev–Trinajstić information content (AvgIpc) is 3.79. The Bertz CT molecular complexity index is 2090. The molecule has 0 unspecified atom stereocenters. The summed E-state index contributed by atoms with van der Waals surface area (Å²) >= 11 is 0. The third kappa shape index (κ3) is 20.7. The normalized spacial score (nSPS) is 15.1. The van der Waals surface area contributed by atoms with Crippen LogP contribution < -0.4 is 54.0 Å². The molecule has 2 aromatic rings. The number of nitrogens with zero attached hydrogens (tertiary/aromatic N) is 1. The van der Waals surface area contributed by atoms with Crippen LogP contribution in [0.4, 0.5) is 0 Å². The third-order valence-corrected chi connectivity index (χ3v) is 10.5. The summed E-state index contributed by atoms with van der Waals surface area (Å²) in [6.45, 7) is 9.53. The van der Waals surface area contributed by atoms with E-state index in [2.05, 4.69) is 52.5 Å². The number of aromatic nitrogens is 2. The van der Waals surface area contributed by atoms with Crippen LogP contribution in [0.2, 0.25) is 0 Å². The number of nitrogens with one attached hydrogen (secondary N) is 9. The number of aliphatic carboxylic acids is 1. The number of carbonyl (C=O) groups excluding carboxylic acids is 9. The molecule has 0 saturated carbocycles. The van der Waals surface area contributed by atoms with Gasteiger partial charge in [-0.25, -0.2) is 9.78 Å². The molecule has 25 nitrogen and oxygen atoms in total. The zero-order valence-corrected chi connectivity index (χ0v) is 40.4. The highest BCUT2D eigenvalue weighted by molar-refractivity contribution is 5.98. The predicted octanol–water partition coefficient (Wildman–Crippen LogP) is -3.89. The van der Waals surface area contributed by atoms with Gasteiger partial charge in [0.05, 0.1) is 43.7 Å². The van der Waals surface area contributed by atoms with Crippen molar-refractivity contribution in [2.24, 2.45) is 29.2 Å². The zero-order chi connectivity index (χ0) is 52.8. The first-order chi connectivity index (χ1) is 32.8. The fourth-order valence-corrected chi connectivity index (χ4v) is 6.84. The number of carbonyl (C=O) groups is 10. The molecule has 1 aromatic carbocycles. The monoisotopic (exact) mass is 987 g/mol. The molecule has 388 valence electrons. The maximum atomic E-state index is 13.9. The fraction of sp³-hybridized carbons (Fsp3) is 0.578. The Balaban J connectivity index is 2.22. The summed E-state index contributed by atoms with van der Waals surface area (Å²) in [5, 5.41) is 49.1. The van der Waals surface area contributed by atoms with E-state index in [0.717, 1.165) is 6.92 Å². The van der Waals surface area contributed by atoms with Crippen LogP contribution in [-0.4, -0.2) is 152 Å². The van der Waals surface area contributed by atoms with E-state index in [1.807, 2.05) is 0 Å². The highest BCUT2D eigenvalue weighted by atomic mass is 16.4. The number of aliphatic hydroxyl groups is 2. The summed E-state index contributed by atoms with van der Waals surface area (Å²) in [4.78, 5) is 138. The minimum atomic E-state index is -1.73. The van der Waals surface area contributed by atoms with Gasteiger partial charge in [-0.05, 0) is 43.1 Å². The van der Waals surface area contributed by atoms with Crippen LogP contribution in [0.5, 0.6) is 0 Å². The molecule has 0 aliphatic heterocycles. The molecule has 9 atom stereocenters. The Morgan fingerprint density at radius 3 is 1.69 bits per heavy atom. The van der Waals surface area contributed by atoms with E-state index < -0.39 is 139 Å². The number of hydrogen-bond acceptors (Lipinski definition) is 14. The van der Waals surface area contributed by atoms with Crippen molar-refractivity contribution < 1.29 is 63.3 Å². The van der Waals surface area contributed by atoms with Gasteiger partial charge in [-0.2, -0.15) is 0 Å². The summed E-state index contributed by atoms with van der Waals surface area (Å²) in [7, 11) is 0. The van der Waals surface area contributed by atoms with E-state index in [-0.39, 0.29) is 37.5 Å². The minimum Gasteiger partial charge on any atom is -0.480 e. The van der Waals surface area contributed by atoms with E-state index in [1.54, 1.807) is 78.1 Å². The molecule has 1 heterocycles. The van der Waals surface area contributed by atoms with Gasteiger partial charge >= 0.3 is 5.97 Å². The fourth-order valence-electron chi connectivity index (χ4n) is 6.84. The van der Waals surface area contributed by atoms with Crippen molar-refractivity contribution in [3.8, 4) is 0 Å². The standard InChI is InChI=1S/C45H70N12O13/c1-22(2)13-29(52-38(62)28(46)16-27-18-48-21-50-27)40(64)53-31(17-34(47)60)39(63)49-19-35(61)51-30(15-26-11-9-8-10-12-26)41(65)56-36(24(5)6)43(67)55-33(20-58)42(66)57-37(25(7)59)44(68)54-32(45(69)70)14-23(3)4/h8-12,18,21-25,28-33,36-37,58-59H,13-17,19-20,46H2,1-7H3,(H2,47,60)(H,48,50)(H,49,63)(H,51,61)(H,52,62)(H,53,64)(H,54,68)(H,55,67)(H,56,65)(H,57,66)(H,69,70)/t25-,28+,29+,30+,31+,32+,33+,36+,37+/m1/s1. The highest BCUT2D eigenvalue weighted by Gasteiger charge is 2.36. The van der Waals surface area contributed by atoms with E-state index in [1.165, 1.54) is 6.33 Å². The number of benzene rings is 1. The van der Waals surface area contributed by atoms with Gasteiger partial charge in [-0.15, -0.1) is 0 Å². The first kappa shape index (κ1) is 59.1. The molecule has 0 radical (unpaired) electrons. The largest absolute Gasteiger partial charge is 0.480 e. The summed E-state index contributed by atoms with van der Waals surface area (Å²) in [6, 6.07) is -3.04. The molecule has 0 fully saturated rings. The van der Waals surface area contributed by atoms with Gasteiger partial charge < -0.3 is 74.3 Å². The van der Waals surface area contributed by atoms with Gasteiger partial charge in [0.2, 0.25) is 53.2 Å². The van der Waals surface area contributed by atoms with Crippen LogP contribution in [0.25, 0.3) is 0 Å². The smallest absolute Gasteiger partial charge is 0.326 e. The molecule has 1 aromatic heterocycles. The number of nitrogens with two attached hydrogens (primary N) is 2. The first-order valence-corrected chi connectivity index (χ1v) is 22.8. The van der Waals surface area contributed by atoms with Gasteiger partial charge in [-0.3, -0.25) is 43.2 Å². The topological polar surface area (TPSA) is 408 Å². The summed E-state index contributed by atoms with van der Waals surface area (Å²) in [5.74, 6) is -10.7. The third-order valence-electron chi connectivity index (χ3n) is 10.5. The summed E-state index contributed by atoms with van der Waals surface area (Å²) in [5.41, 5.74) is 12.5. The Labute approximate surface area is 405 Å². The van der Waals surface area contributed by atoms with E-state index in [9.17, 15) is 63.3 Å². The van der Waals surface area contributed by atoms with Crippen molar-refractivity contribution in [2.75, 3.05) is 13.2 Å². The Morgan fingerprint density at radius 1 is 0.629 bits per heavy atom. The second kappa shape index (κ2) is 29.1. The Hall–Kier alpha value is -6.99. The molecule has 0 spiro atoms. The number of aromatic amines is 1. The minimum absolute atomic E-state index is 0.0424. The number of amides is 9. The van der Waals surface area contributed by atoms with Crippen molar-refractivity contribution >= 4 is 59.1 Å². The van der Waals surface area contributed by atoms with Gasteiger partial charge in [0, 0.05) is 19.0 Å². The summed E-state index contributed by atoms with van der Waals surface area (Å²) in [6.07, 6.45) is 0.819. The molecule has 0 aliphatic rings. The lowest BCUT2D eigenvalue weighted by Gasteiger charge is -2.28. The molecular formula is C45H70N12O13. The van der Waals surface area contributed by atoms with Crippen LogP contribution >= 0.6 is 0 Å². The number of carboxylic acid groups (broad SMARTS) is 1. The van der Waals surface area contributed by atoms with Crippen molar-refractivity contribution in [2.45, 2.75) is 135 Å². The van der Waals surface area contributed by atoms with Crippen LogP contribution in [0.1, 0.15) is 79.0 Å². The number of carboxylic acids is 1. The number of hydrogen-bond donors (Lipinski definition) is 14. The maximum Gasteiger partial charge on any atom is 0.326 e. The van der Waals surface area contributed by atoms with Crippen molar-refractivity contribution in [1.82, 2.24) is 52.5 Å². The second-order valence-corrected chi connectivity index (χ2v) is 18.1. The molecule has 0 bridgehead atoms. The van der Waals surface area contributed by atoms with Crippen LogP contribution in [-0.2, 0) is 60.8 Å². The van der Waals surface area contributed by atoms with Crippen molar-refractivity contribution in [1.29, 1.82) is 0 Å². The molecule has 2 rings (SSSR count). The maximum absolute atomic E-state index is 13.9. The van der Waals surface area contributed by atoms with Gasteiger partial charge in [0.15, 0.2) is 0 Å².